The van der Waals surface area contributed by atoms with Gasteiger partial charge in [-0.15, -0.1) is 0 Å². The summed E-state index contributed by atoms with van der Waals surface area (Å²) >= 11 is 0. The molecule has 1 amide bonds. The highest BCUT2D eigenvalue weighted by Crippen LogP contribution is 2.26. The number of carbonyl (C=O) groups excluding carboxylic acids is 1. The molecule has 31 heavy (non-hydrogen) atoms. The van der Waals surface area contributed by atoms with Crippen LogP contribution in [-0.2, 0) is 32.4 Å². The van der Waals surface area contributed by atoms with Crippen LogP contribution in [0, 0.1) is 0 Å². The second-order valence-electron chi connectivity index (χ2n) is 8.80. The van der Waals surface area contributed by atoms with E-state index in [0.29, 0.717) is 6.54 Å². The molecule has 2 aliphatic heterocycles. The highest BCUT2D eigenvalue weighted by molar-refractivity contribution is 5.94. The molecule has 0 atom stereocenters. The Morgan fingerprint density at radius 2 is 1.58 bits per heavy atom. The first-order valence-electron chi connectivity index (χ1n) is 11.5. The van der Waals surface area contributed by atoms with Gasteiger partial charge in [-0.1, -0.05) is 42.5 Å². The second-order valence-corrected chi connectivity index (χ2v) is 8.80. The normalized spacial score (nSPS) is 16.5. The minimum absolute atomic E-state index is 0.0951. The molecule has 1 aromatic heterocycles. The molecule has 4 heteroatoms. The molecule has 160 valence electrons. The summed E-state index contributed by atoms with van der Waals surface area (Å²) < 4.78 is 6.14. The molecular formula is C27H30N2O2. The zero-order chi connectivity index (χ0) is 21.0. The van der Waals surface area contributed by atoms with Crippen LogP contribution < -0.4 is 0 Å². The van der Waals surface area contributed by atoms with E-state index in [1.54, 1.807) is 0 Å². The highest BCUT2D eigenvalue weighted by atomic mass is 16.3. The number of hydrogen-bond donors (Lipinski definition) is 0. The molecule has 2 aliphatic rings. The summed E-state index contributed by atoms with van der Waals surface area (Å²) in [5.74, 6) is 2.11. The third kappa shape index (κ3) is 4.75. The summed E-state index contributed by atoms with van der Waals surface area (Å²) in [5, 5.41) is 0. The lowest BCUT2D eigenvalue weighted by molar-refractivity contribution is 0.0718. The van der Waals surface area contributed by atoms with Crippen LogP contribution in [0.15, 0.2) is 65.1 Å². The van der Waals surface area contributed by atoms with Crippen molar-refractivity contribution < 1.29 is 9.21 Å². The zero-order valence-corrected chi connectivity index (χ0v) is 18.1. The van der Waals surface area contributed by atoms with Gasteiger partial charge in [0.15, 0.2) is 0 Å². The Kier molecular flexibility index (Phi) is 5.90. The number of carbonyl (C=O) groups is 1. The van der Waals surface area contributed by atoms with E-state index < -0.39 is 0 Å². The van der Waals surface area contributed by atoms with Gasteiger partial charge in [-0.2, -0.15) is 0 Å². The second kappa shape index (κ2) is 9.11. The minimum atomic E-state index is 0.0951. The average Bonchev–Trinajstić information content (AvgIpc) is 3.47. The number of fused-ring (bicyclic) bond motifs is 1. The van der Waals surface area contributed by atoms with E-state index in [9.17, 15) is 4.79 Å². The number of furan rings is 1. The van der Waals surface area contributed by atoms with Crippen molar-refractivity contribution in [2.45, 2.75) is 45.2 Å². The molecule has 4 nitrogen and oxygen atoms in total. The van der Waals surface area contributed by atoms with E-state index in [1.807, 2.05) is 23.1 Å². The van der Waals surface area contributed by atoms with Crippen LogP contribution in [0.25, 0.3) is 0 Å². The Morgan fingerprint density at radius 3 is 2.32 bits per heavy atom. The lowest BCUT2D eigenvalue weighted by Crippen LogP contribution is -2.35. The van der Waals surface area contributed by atoms with Crippen LogP contribution in [0.1, 0.15) is 51.4 Å². The predicted octanol–water partition coefficient (Wildman–Crippen LogP) is 4.86. The van der Waals surface area contributed by atoms with Gasteiger partial charge < -0.3 is 9.32 Å². The molecule has 0 N–H and O–H groups in total. The molecule has 1 saturated heterocycles. The third-order valence-electron chi connectivity index (χ3n) is 6.54. The average molecular weight is 415 g/mol. The molecular weight excluding hydrogens is 384 g/mol. The Morgan fingerprint density at radius 1 is 0.871 bits per heavy atom. The lowest BCUT2D eigenvalue weighted by Gasteiger charge is -2.26. The summed E-state index contributed by atoms with van der Waals surface area (Å²) in [7, 11) is 0. The molecule has 1 fully saturated rings. The fourth-order valence-corrected chi connectivity index (χ4v) is 4.72. The van der Waals surface area contributed by atoms with Crippen LogP contribution in [0.3, 0.4) is 0 Å². The van der Waals surface area contributed by atoms with Gasteiger partial charge in [-0.25, -0.2) is 0 Å². The first kappa shape index (κ1) is 20.1. The molecule has 2 aromatic carbocycles. The smallest absolute Gasteiger partial charge is 0.254 e. The number of amides is 1. The maximum absolute atomic E-state index is 13.1. The first-order chi connectivity index (χ1) is 15.2. The van der Waals surface area contributed by atoms with E-state index in [1.165, 1.54) is 29.5 Å². The van der Waals surface area contributed by atoms with Crippen LogP contribution in [0.5, 0.6) is 0 Å². The first-order valence-corrected chi connectivity index (χ1v) is 11.5. The van der Waals surface area contributed by atoms with E-state index in [4.69, 9.17) is 4.42 Å². The standard InChI is InChI=1S/C27H30N2O2/c30-27(23-12-10-22(11-13-23)9-8-21-6-2-1-3-7-21)29-17-14-24-18-25(31-26(24)20-29)19-28-15-4-5-16-28/h1-3,6-7,10-13,18H,4-5,8-9,14-17,19-20H2. The summed E-state index contributed by atoms with van der Waals surface area (Å²) in [6.07, 6.45) is 5.44. The van der Waals surface area contributed by atoms with E-state index >= 15 is 0 Å². The van der Waals surface area contributed by atoms with Crippen LogP contribution in [-0.4, -0.2) is 35.3 Å². The summed E-state index contributed by atoms with van der Waals surface area (Å²) in [4.78, 5) is 17.4. The van der Waals surface area contributed by atoms with Crippen molar-refractivity contribution in [2.75, 3.05) is 19.6 Å². The van der Waals surface area contributed by atoms with Crippen molar-refractivity contribution in [1.29, 1.82) is 0 Å². The summed E-state index contributed by atoms with van der Waals surface area (Å²) in [6.45, 7) is 4.55. The van der Waals surface area contributed by atoms with Gasteiger partial charge in [0.2, 0.25) is 0 Å². The van der Waals surface area contributed by atoms with E-state index in [0.717, 1.165) is 62.5 Å². The topological polar surface area (TPSA) is 36.7 Å². The zero-order valence-electron chi connectivity index (χ0n) is 18.1. The molecule has 0 bridgehead atoms. The highest BCUT2D eigenvalue weighted by Gasteiger charge is 2.25. The fraction of sp³-hybridized carbons (Fsp3) is 0.370. The third-order valence-corrected chi connectivity index (χ3v) is 6.54. The molecule has 3 heterocycles. The Balaban J connectivity index is 1.19. The quantitative estimate of drug-likeness (QED) is 0.578. The van der Waals surface area contributed by atoms with Crippen LogP contribution >= 0.6 is 0 Å². The molecule has 5 rings (SSSR count). The van der Waals surface area contributed by atoms with Crippen molar-refractivity contribution in [3.05, 3.63) is 94.4 Å². The number of likely N-dealkylation sites (tertiary alicyclic amines) is 1. The van der Waals surface area contributed by atoms with E-state index in [2.05, 4.69) is 47.4 Å². The van der Waals surface area contributed by atoms with Gasteiger partial charge in [0.05, 0.1) is 13.1 Å². The van der Waals surface area contributed by atoms with Gasteiger partial charge in [0, 0.05) is 12.1 Å². The predicted molar refractivity (Wildman–Crippen MR) is 122 cm³/mol. The number of benzene rings is 2. The SMILES string of the molecule is O=C(c1ccc(CCc2ccccc2)cc1)N1CCc2cc(CN3CCCC3)oc2C1. The van der Waals surface area contributed by atoms with Crippen LogP contribution in [0.4, 0.5) is 0 Å². The molecule has 3 aromatic rings. The number of aryl methyl sites for hydroxylation is 2. The monoisotopic (exact) mass is 414 g/mol. The Labute approximate surface area is 184 Å². The van der Waals surface area contributed by atoms with Crippen molar-refractivity contribution in [2.24, 2.45) is 0 Å². The number of nitrogens with zero attached hydrogens (tertiary/aromatic N) is 2. The maximum Gasteiger partial charge on any atom is 0.254 e. The van der Waals surface area contributed by atoms with Gasteiger partial charge in [-0.3, -0.25) is 9.69 Å². The molecule has 0 saturated carbocycles. The van der Waals surface area contributed by atoms with Crippen LogP contribution in [0.2, 0.25) is 0 Å². The van der Waals surface area contributed by atoms with Crippen molar-refractivity contribution >= 4 is 5.91 Å². The van der Waals surface area contributed by atoms with Gasteiger partial charge >= 0.3 is 0 Å². The van der Waals surface area contributed by atoms with E-state index in [-0.39, 0.29) is 5.91 Å². The van der Waals surface area contributed by atoms with Crippen molar-refractivity contribution in [1.82, 2.24) is 9.80 Å². The molecule has 0 aliphatic carbocycles. The van der Waals surface area contributed by atoms with Gasteiger partial charge in [-0.05, 0) is 80.1 Å². The van der Waals surface area contributed by atoms with Gasteiger partial charge in [0.1, 0.15) is 11.5 Å². The Hall–Kier alpha value is -2.85. The number of hydrogen-bond acceptors (Lipinski definition) is 3. The lowest BCUT2D eigenvalue weighted by atomic mass is 10.0. The summed E-state index contributed by atoms with van der Waals surface area (Å²) in [5.41, 5.74) is 4.64. The molecule has 0 radical (unpaired) electrons. The van der Waals surface area contributed by atoms with Crippen molar-refractivity contribution in [3.8, 4) is 0 Å². The largest absolute Gasteiger partial charge is 0.463 e. The summed E-state index contributed by atoms with van der Waals surface area (Å²) in [6, 6.07) is 20.9. The molecule has 0 unspecified atom stereocenters. The Bertz CT molecular complexity index is 1020. The van der Waals surface area contributed by atoms with Crippen molar-refractivity contribution in [3.63, 3.8) is 0 Å². The minimum Gasteiger partial charge on any atom is -0.463 e. The molecule has 0 spiro atoms. The maximum atomic E-state index is 13.1. The van der Waals surface area contributed by atoms with Gasteiger partial charge in [0.25, 0.3) is 5.91 Å². The fourth-order valence-electron chi connectivity index (χ4n) is 4.72. The number of rotatable bonds is 6.